The maximum Gasteiger partial charge on any atom is 0.365 e. The Morgan fingerprint density at radius 2 is 1.86 bits per heavy atom. The molecule has 0 heterocycles. The van der Waals surface area contributed by atoms with Gasteiger partial charge in [-0.3, -0.25) is 4.79 Å². The Morgan fingerprint density at radius 1 is 1.24 bits per heavy atom. The average molecular weight is 293 g/mol. The third-order valence-corrected chi connectivity index (χ3v) is 2.98. The fourth-order valence-electron chi connectivity index (χ4n) is 1.85. The van der Waals surface area contributed by atoms with Crippen molar-refractivity contribution in [2.45, 2.75) is 32.4 Å². The summed E-state index contributed by atoms with van der Waals surface area (Å²) in [5.74, 6) is -2.14. The Morgan fingerprint density at radius 3 is 2.38 bits per heavy atom. The molecule has 6 nitrogen and oxygen atoms in total. The van der Waals surface area contributed by atoms with Gasteiger partial charge in [-0.15, -0.1) is 0 Å². The number of Topliss-reactive ketones (excluding diaryl/α,β-unsaturated/α-hetero) is 1. The van der Waals surface area contributed by atoms with E-state index < -0.39 is 24.0 Å². The number of nitrogens with two attached hydrogens (primary N) is 1. The van der Waals surface area contributed by atoms with Crippen molar-refractivity contribution in [2.24, 2.45) is 0 Å². The zero-order valence-corrected chi connectivity index (χ0v) is 12.1. The largest absolute Gasteiger partial charge is 0.544 e. The molecule has 1 aromatic carbocycles. The fraction of sp³-hybridized carbons (Fsp3) is 0.400. The summed E-state index contributed by atoms with van der Waals surface area (Å²) in [5, 5.41) is 12.1. The Bertz CT molecular complexity index is 500. The highest BCUT2D eigenvalue weighted by Gasteiger charge is 2.29. The molecule has 0 bridgehead atoms. The van der Waals surface area contributed by atoms with Crippen LogP contribution in [0, 0.1) is 0 Å². The first kappa shape index (κ1) is 16.8. The third kappa shape index (κ3) is 5.35. The van der Waals surface area contributed by atoms with E-state index in [4.69, 9.17) is 4.74 Å². The van der Waals surface area contributed by atoms with Gasteiger partial charge in [0.15, 0.2) is 11.8 Å². The zero-order chi connectivity index (χ0) is 15.8. The number of esters is 1. The van der Waals surface area contributed by atoms with Crippen molar-refractivity contribution in [1.82, 2.24) is 0 Å². The molecular weight excluding hydrogens is 274 g/mol. The number of ketones is 1. The van der Waals surface area contributed by atoms with Gasteiger partial charge in [-0.2, -0.15) is 0 Å². The molecule has 0 aliphatic heterocycles. The summed E-state index contributed by atoms with van der Waals surface area (Å²) >= 11 is 0. The first-order chi connectivity index (χ1) is 9.95. The fourth-order valence-corrected chi connectivity index (χ4v) is 1.85. The van der Waals surface area contributed by atoms with Gasteiger partial charge in [0.25, 0.3) is 0 Å². The maximum absolute atomic E-state index is 12.1. The van der Waals surface area contributed by atoms with Gasteiger partial charge in [-0.05, 0) is 13.8 Å². The Kier molecular flexibility index (Phi) is 6.55. The van der Waals surface area contributed by atoms with Crippen LogP contribution in [0.2, 0.25) is 0 Å². The van der Waals surface area contributed by atoms with E-state index in [1.54, 1.807) is 37.3 Å². The van der Waals surface area contributed by atoms with Gasteiger partial charge in [0.1, 0.15) is 6.04 Å². The molecule has 0 saturated carbocycles. The lowest BCUT2D eigenvalue weighted by atomic mass is 10.0. The van der Waals surface area contributed by atoms with Gasteiger partial charge in [0, 0.05) is 5.56 Å². The quantitative estimate of drug-likeness (QED) is 0.484. The second-order valence-corrected chi connectivity index (χ2v) is 4.65. The zero-order valence-electron chi connectivity index (χ0n) is 12.1. The summed E-state index contributed by atoms with van der Waals surface area (Å²) in [6, 6.07) is 6.68. The van der Waals surface area contributed by atoms with E-state index in [9.17, 15) is 19.5 Å². The Balaban J connectivity index is 2.79. The molecule has 0 radical (unpaired) electrons. The van der Waals surface area contributed by atoms with Crippen molar-refractivity contribution >= 4 is 17.7 Å². The second-order valence-electron chi connectivity index (χ2n) is 4.65. The molecule has 114 valence electrons. The van der Waals surface area contributed by atoms with Crippen LogP contribution < -0.4 is 10.4 Å². The SMILES string of the molecule is CCOC(=O)[C@H](CC(=O)c1ccccc1)[NH2+][C@@H](C)C(=O)[O-]. The van der Waals surface area contributed by atoms with Crippen molar-refractivity contribution in [3.05, 3.63) is 35.9 Å². The van der Waals surface area contributed by atoms with E-state index in [0.29, 0.717) is 5.56 Å². The first-order valence-corrected chi connectivity index (χ1v) is 6.76. The number of aliphatic carboxylic acids is 1. The summed E-state index contributed by atoms with van der Waals surface area (Å²) in [7, 11) is 0. The number of rotatable bonds is 8. The summed E-state index contributed by atoms with van der Waals surface area (Å²) < 4.78 is 4.89. The molecule has 0 aliphatic rings. The van der Waals surface area contributed by atoms with Gasteiger partial charge in [-0.1, -0.05) is 30.3 Å². The monoisotopic (exact) mass is 293 g/mol. The summed E-state index contributed by atoms with van der Waals surface area (Å²) in [6.45, 7) is 3.22. The molecule has 2 atom stereocenters. The predicted octanol–water partition coefficient (Wildman–Crippen LogP) is -1.11. The summed E-state index contributed by atoms with van der Waals surface area (Å²) in [6.07, 6.45) is -0.125. The Labute approximate surface area is 123 Å². The molecule has 6 heteroatoms. The number of benzene rings is 1. The van der Waals surface area contributed by atoms with Gasteiger partial charge in [0.05, 0.1) is 19.0 Å². The van der Waals surface area contributed by atoms with Gasteiger partial charge < -0.3 is 20.0 Å². The second kappa shape index (κ2) is 8.16. The van der Waals surface area contributed by atoms with E-state index in [2.05, 4.69) is 0 Å². The number of carbonyl (C=O) groups excluding carboxylic acids is 3. The number of carbonyl (C=O) groups is 3. The van der Waals surface area contributed by atoms with Crippen LogP contribution in [0.25, 0.3) is 0 Å². The van der Waals surface area contributed by atoms with Crippen LogP contribution in [-0.4, -0.2) is 36.4 Å². The van der Waals surface area contributed by atoms with Crippen molar-refractivity contribution in [3.63, 3.8) is 0 Å². The van der Waals surface area contributed by atoms with E-state index >= 15 is 0 Å². The Hall–Kier alpha value is -2.21. The highest BCUT2D eigenvalue weighted by Crippen LogP contribution is 2.05. The molecule has 0 spiro atoms. The topological polar surface area (TPSA) is 100 Å². The summed E-state index contributed by atoms with van der Waals surface area (Å²) in [4.78, 5) is 34.8. The number of quaternary nitrogens is 1. The van der Waals surface area contributed by atoms with Crippen LogP contribution in [0.3, 0.4) is 0 Å². The lowest BCUT2D eigenvalue weighted by Gasteiger charge is -2.18. The van der Waals surface area contributed by atoms with Crippen LogP contribution in [0.15, 0.2) is 30.3 Å². The van der Waals surface area contributed by atoms with Crippen LogP contribution in [0.1, 0.15) is 30.6 Å². The van der Waals surface area contributed by atoms with Crippen LogP contribution in [0.4, 0.5) is 0 Å². The van der Waals surface area contributed by atoms with Crippen LogP contribution >= 0.6 is 0 Å². The van der Waals surface area contributed by atoms with E-state index in [0.717, 1.165) is 0 Å². The van der Waals surface area contributed by atoms with Gasteiger partial charge in [0.2, 0.25) is 0 Å². The first-order valence-electron chi connectivity index (χ1n) is 6.76. The minimum atomic E-state index is -1.29. The van der Waals surface area contributed by atoms with Gasteiger partial charge in [-0.25, -0.2) is 4.79 Å². The molecule has 0 unspecified atom stereocenters. The normalized spacial score (nSPS) is 13.2. The lowest BCUT2D eigenvalue weighted by Crippen LogP contribution is -2.98. The van der Waals surface area contributed by atoms with Crippen molar-refractivity contribution in [2.75, 3.05) is 6.61 Å². The molecule has 0 aliphatic carbocycles. The molecular formula is C15H19NO5. The standard InChI is InChI=1S/C15H19NO5/c1-3-21-15(20)12(16-10(2)14(18)19)9-13(17)11-7-5-4-6-8-11/h4-8,10,12,16H,3,9H2,1-2H3,(H,18,19)/t10-,12-/m0/s1. The van der Waals surface area contributed by atoms with E-state index in [1.807, 2.05) is 0 Å². The highest BCUT2D eigenvalue weighted by molar-refractivity contribution is 5.98. The van der Waals surface area contributed by atoms with Crippen LogP contribution in [0.5, 0.6) is 0 Å². The summed E-state index contributed by atoms with van der Waals surface area (Å²) in [5.41, 5.74) is 0.473. The van der Waals surface area contributed by atoms with Gasteiger partial charge >= 0.3 is 5.97 Å². The molecule has 0 saturated heterocycles. The lowest BCUT2D eigenvalue weighted by molar-refractivity contribution is -0.701. The molecule has 2 N–H and O–H groups in total. The molecule has 0 amide bonds. The molecule has 0 aromatic heterocycles. The highest BCUT2D eigenvalue weighted by atomic mass is 16.5. The number of hydrogen-bond donors (Lipinski definition) is 1. The molecule has 1 aromatic rings. The number of carboxylic acids is 1. The minimum Gasteiger partial charge on any atom is -0.544 e. The smallest absolute Gasteiger partial charge is 0.365 e. The molecule has 21 heavy (non-hydrogen) atoms. The number of ether oxygens (including phenoxy) is 1. The van der Waals surface area contributed by atoms with Crippen molar-refractivity contribution in [3.8, 4) is 0 Å². The number of carboxylic acid groups (broad SMARTS) is 1. The van der Waals surface area contributed by atoms with E-state index in [1.165, 1.54) is 12.2 Å². The maximum atomic E-state index is 12.1. The third-order valence-electron chi connectivity index (χ3n) is 2.98. The number of hydrogen-bond acceptors (Lipinski definition) is 5. The van der Waals surface area contributed by atoms with Crippen molar-refractivity contribution in [1.29, 1.82) is 0 Å². The van der Waals surface area contributed by atoms with Crippen LogP contribution in [-0.2, 0) is 14.3 Å². The van der Waals surface area contributed by atoms with Crippen molar-refractivity contribution < 1.29 is 29.5 Å². The van der Waals surface area contributed by atoms with E-state index in [-0.39, 0.29) is 18.8 Å². The molecule has 1 rings (SSSR count). The average Bonchev–Trinajstić information content (AvgIpc) is 2.47. The minimum absolute atomic E-state index is 0.125. The molecule has 0 fully saturated rings. The predicted molar refractivity (Wildman–Crippen MR) is 72.2 cm³/mol.